The van der Waals surface area contributed by atoms with Crippen LogP contribution in [0.2, 0.25) is 0 Å². The van der Waals surface area contributed by atoms with Gasteiger partial charge in [0.1, 0.15) is 6.04 Å². The van der Waals surface area contributed by atoms with Gasteiger partial charge < -0.3 is 19.3 Å². The average Bonchev–Trinajstić information content (AvgIpc) is 3.50. The molecule has 1 saturated heterocycles. The first-order chi connectivity index (χ1) is 15.6. The number of carbonyl (C=O) groups excluding carboxylic acids is 2. The zero-order valence-corrected chi connectivity index (χ0v) is 20.2. The molecule has 2 amide bonds. The van der Waals surface area contributed by atoms with Crippen LogP contribution in [0.15, 0.2) is 35.7 Å². The summed E-state index contributed by atoms with van der Waals surface area (Å²) < 4.78 is 11.6. The fraction of sp³-hybridized carbons (Fsp3) is 0.520. The highest BCUT2D eigenvalue weighted by Gasteiger charge is 2.37. The predicted octanol–water partition coefficient (Wildman–Crippen LogP) is 4.98. The Labute approximate surface area is 195 Å². The van der Waals surface area contributed by atoms with E-state index in [1.54, 1.807) is 4.90 Å². The van der Waals surface area contributed by atoms with Gasteiger partial charge in [-0.25, -0.2) is 0 Å². The number of thiophene rings is 1. The van der Waals surface area contributed by atoms with E-state index in [1.807, 2.05) is 47.5 Å². The van der Waals surface area contributed by atoms with Crippen molar-refractivity contribution in [1.29, 1.82) is 0 Å². The molecule has 6 nitrogen and oxygen atoms in total. The zero-order valence-electron chi connectivity index (χ0n) is 19.3. The summed E-state index contributed by atoms with van der Waals surface area (Å²) in [5.41, 5.74) is 0.994. The van der Waals surface area contributed by atoms with Crippen molar-refractivity contribution in [2.75, 3.05) is 26.3 Å². The third-order valence-corrected chi connectivity index (χ3v) is 6.34. The Hall–Kier alpha value is -2.54. The minimum Gasteiger partial charge on any atom is -0.490 e. The van der Waals surface area contributed by atoms with Gasteiger partial charge >= 0.3 is 0 Å². The van der Waals surface area contributed by atoms with Crippen LogP contribution in [0.3, 0.4) is 0 Å². The zero-order chi connectivity index (χ0) is 22.9. The molecule has 2 heterocycles. The molecule has 1 fully saturated rings. The van der Waals surface area contributed by atoms with Crippen LogP contribution in [-0.2, 0) is 11.3 Å². The highest BCUT2D eigenvalue weighted by molar-refractivity contribution is 7.12. The van der Waals surface area contributed by atoms with Gasteiger partial charge in [0.15, 0.2) is 11.5 Å². The molecule has 0 spiro atoms. The summed E-state index contributed by atoms with van der Waals surface area (Å²) in [5.74, 6) is 1.42. The van der Waals surface area contributed by atoms with Gasteiger partial charge in [0.2, 0.25) is 5.91 Å². The minimum atomic E-state index is -0.394. The molecule has 1 aromatic heterocycles. The van der Waals surface area contributed by atoms with Crippen LogP contribution >= 0.6 is 11.3 Å². The second-order valence-electron chi connectivity index (χ2n) is 7.96. The summed E-state index contributed by atoms with van der Waals surface area (Å²) in [6.07, 6.45) is 3.34. The second-order valence-corrected chi connectivity index (χ2v) is 8.90. The topological polar surface area (TPSA) is 59.1 Å². The van der Waals surface area contributed by atoms with E-state index in [4.69, 9.17) is 9.47 Å². The minimum absolute atomic E-state index is 0.0264. The van der Waals surface area contributed by atoms with E-state index in [0.29, 0.717) is 49.9 Å². The lowest BCUT2D eigenvalue weighted by molar-refractivity contribution is -0.136. The lowest BCUT2D eigenvalue weighted by atomic mass is 10.1. The molecule has 174 valence electrons. The van der Waals surface area contributed by atoms with Gasteiger partial charge in [-0.2, -0.15) is 0 Å². The average molecular weight is 459 g/mol. The van der Waals surface area contributed by atoms with Gasteiger partial charge in [-0.3, -0.25) is 9.59 Å². The van der Waals surface area contributed by atoms with E-state index < -0.39 is 6.04 Å². The molecule has 1 aliphatic heterocycles. The van der Waals surface area contributed by atoms with Gasteiger partial charge in [0.05, 0.1) is 18.1 Å². The fourth-order valence-electron chi connectivity index (χ4n) is 4.03. The summed E-state index contributed by atoms with van der Waals surface area (Å²) >= 11 is 1.42. The Morgan fingerprint density at radius 1 is 1.12 bits per heavy atom. The van der Waals surface area contributed by atoms with Crippen LogP contribution in [0.1, 0.15) is 61.7 Å². The van der Waals surface area contributed by atoms with Crippen LogP contribution < -0.4 is 9.47 Å². The molecule has 0 saturated carbocycles. The fourth-order valence-corrected chi connectivity index (χ4v) is 4.71. The summed E-state index contributed by atoms with van der Waals surface area (Å²) in [7, 11) is 0. The molecule has 0 N–H and O–H groups in total. The molecular formula is C25H34N2O4S. The Balaban J connectivity index is 1.76. The lowest BCUT2D eigenvalue weighted by Gasteiger charge is -2.30. The Morgan fingerprint density at radius 2 is 1.97 bits per heavy atom. The number of likely N-dealkylation sites (tertiary alicyclic amines) is 1. The normalized spacial score (nSPS) is 15.6. The quantitative estimate of drug-likeness (QED) is 0.477. The Kier molecular flexibility index (Phi) is 8.97. The van der Waals surface area contributed by atoms with E-state index in [0.717, 1.165) is 30.6 Å². The molecule has 1 atom stereocenters. The molecular weight excluding hydrogens is 424 g/mol. The number of carbonyl (C=O) groups is 2. The van der Waals surface area contributed by atoms with E-state index >= 15 is 0 Å². The third kappa shape index (κ3) is 5.82. The summed E-state index contributed by atoms with van der Waals surface area (Å²) in [6.45, 7) is 9.02. The van der Waals surface area contributed by atoms with Gasteiger partial charge in [0.25, 0.3) is 5.91 Å². The first-order valence-electron chi connectivity index (χ1n) is 11.6. The third-order valence-electron chi connectivity index (χ3n) is 5.48. The second kappa shape index (κ2) is 11.9. The largest absolute Gasteiger partial charge is 0.490 e. The van der Waals surface area contributed by atoms with Gasteiger partial charge in [0, 0.05) is 19.6 Å². The summed E-state index contributed by atoms with van der Waals surface area (Å²) in [5, 5.41) is 1.90. The van der Waals surface area contributed by atoms with Crippen molar-refractivity contribution in [2.24, 2.45) is 0 Å². The lowest BCUT2D eigenvalue weighted by Crippen LogP contribution is -2.47. The van der Waals surface area contributed by atoms with Crippen molar-refractivity contribution in [3.63, 3.8) is 0 Å². The van der Waals surface area contributed by atoms with Crippen LogP contribution in [0, 0.1) is 0 Å². The maximum absolute atomic E-state index is 13.5. The van der Waals surface area contributed by atoms with Crippen molar-refractivity contribution in [3.05, 3.63) is 46.2 Å². The predicted molar refractivity (Wildman–Crippen MR) is 127 cm³/mol. The Morgan fingerprint density at radius 3 is 2.66 bits per heavy atom. The molecule has 2 aromatic rings. The van der Waals surface area contributed by atoms with Crippen molar-refractivity contribution < 1.29 is 19.1 Å². The number of ether oxygens (including phenoxy) is 2. The van der Waals surface area contributed by atoms with Gasteiger partial charge in [-0.1, -0.05) is 26.0 Å². The van der Waals surface area contributed by atoms with E-state index in [1.165, 1.54) is 11.3 Å². The van der Waals surface area contributed by atoms with Crippen LogP contribution in [0.4, 0.5) is 0 Å². The molecule has 0 bridgehead atoms. The number of nitrogens with zero attached hydrogens (tertiary/aromatic N) is 2. The van der Waals surface area contributed by atoms with Crippen LogP contribution in [0.25, 0.3) is 0 Å². The smallest absolute Gasteiger partial charge is 0.264 e. The molecule has 0 aliphatic carbocycles. The first-order valence-corrected chi connectivity index (χ1v) is 12.5. The van der Waals surface area contributed by atoms with Crippen molar-refractivity contribution >= 4 is 23.2 Å². The van der Waals surface area contributed by atoms with Crippen molar-refractivity contribution in [2.45, 2.75) is 59.0 Å². The van der Waals surface area contributed by atoms with E-state index in [9.17, 15) is 9.59 Å². The van der Waals surface area contributed by atoms with E-state index in [2.05, 4.69) is 13.8 Å². The maximum atomic E-state index is 13.5. The molecule has 32 heavy (non-hydrogen) atoms. The number of amides is 2. The van der Waals surface area contributed by atoms with Crippen LogP contribution in [-0.4, -0.2) is 54.0 Å². The molecule has 1 aromatic carbocycles. The molecule has 0 radical (unpaired) electrons. The standard InChI is InChI=1S/C25H34N2O4S/c1-4-13-26(18-19-11-12-21(31-15-5-2)22(17-19)30-6-3)24(28)20-9-7-14-27(20)25(29)23-10-8-16-32-23/h8,10-12,16-17,20H,4-7,9,13-15,18H2,1-3H3/t20-/m0/s1. The molecule has 1 aliphatic rings. The first kappa shape index (κ1) is 24.1. The number of hydrogen-bond acceptors (Lipinski definition) is 5. The van der Waals surface area contributed by atoms with Gasteiger partial charge in [-0.05, 0) is 61.7 Å². The van der Waals surface area contributed by atoms with Crippen LogP contribution in [0.5, 0.6) is 11.5 Å². The molecule has 3 rings (SSSR count). The van der Waals surface area contributed by atoms with E-state index in [-0.39, 0.29) is 11.8 Å². The molecule has 0 unspecified atom stereocenters. The molecule has 7 heteroatoms. The van der Waals surface area contributed by atoms with Crippen molar-refractivity contribution in [1.82, 2.24) is 9.80 Å². The number of hydrogen-bond donors (Lipinski definition) is 0. The number of rotatable bonds is 11. The highest BCUT2D eigenvalue weighted by Crippen LogP contribution is 2.30. The number of benzene rings is 1. The SMILES string of the molecule is CCCOc1ccc(CN(CCC)C(=O)[C@@H]2CCCN2C(=O)c2cccs2)cc1OCC. The summed E-state index contributed by atoms with van der Waals surface area (Å²) in [6, 6.07) is 9.19. The Bertz CT molecular complexity index is 884. The monoisotopic (exact) mass is 458 g/mol. The van der Waals surface area contributed by atoms with Crippen molar-refractivity contribution in [3.8, 4) is 11.5 Å². The maximum Gasteiger partial charge on any atom is 0.264 e. The highest BCUT2D eigenvalue weighted by atomic mass is 32.1. The van der Waals surface area contributed by atoms with Gasteiger partial charge in [-0.15, -0.1) is 11.3 Å². The summed E-state index contributed by atoms with van der Waals surface area (Å²) in [4.78, 5) is 30.8.